The van der Waals surface area contributed by atoms with Crippen LogP contribution in [0.25, 0.3) is 17.2 Å². The molecular formula is C18H16O3. The maximum absolute atomic E-state index is 11.6. The van der Waals surface area contributed by atoms with E-state index in [0.29, 0.717) is 5.56 Å². The molecule has 0 heterocycles. The van der Waals surface area contributed by atoms with Gasteiger partial charge in [-0.05, 0) is 59.7 Å². The number of phenols is 1. The Balaban J connectivity index is 2.27. The Hall–Kier alpha value is -2.55. The minimum Gasteiger partial charge on any atom is -0.508 e. The van der Waals surface area contributed by atoms with Crippen molar-refractivity contribution in [2.45, 2.75) is 19.3 Å². The maximum Gasteiger partial charge on any atom is 0.336 e. The van der Waals surface area contributed by atoms with Gasteiger partial charge in [-0.1, -0.05) is 30.4 Å². The predicted molar refractivity (Wildman–Crippen MR) is 82.5 cm³/mol. The SMILES string of the molecule is O=C(O)c1ccc2c(c1-c1ccc(O)cc1)CCCC=C2. The van der Waals surface area contributed by atoms with Crippen molar-refractivity contribution >= 4 is 12.0 Å². The Kier molecular flexibility index (Phi) is 3.48. The summed E-state index contributed by atoms with van der Waals surface area (Å²) in [6.45, 7) is 0. The van der Waals surface area contributed by atoms with Crippen LogP contribution < -0.4 is 0 Å². The summed E-state index contributed by atoms with van der Waals surface area (Å²) in [5, 5.41) is 18.9. The van der Waals surface area contributed by atoms with Crippen molar-refractivity contribution in [2.24, 2.45) is 0 Å². The van der Waals surface area contributed by atoms with E-state index in [0.717, 1.165) is 41.5 Å². The topological polar surface area (TPSA) is 57.5 Å². The number of hydrogen-bond acceptors (Lipinski definition) is 2. The summed E-state index contributed by atoms with van der Waals surface area (Å²) >= 11 is 0. The van der Waals surface area contributed by atoms with Crippen molar-refractivity contribution in [2.75, 3.05) is 0 Å². The lowest BCUT2D eigenvalue weighted by atomic mass is 9.89. The number of rotatable bonds is 2. The van der Waals surface area contributed by atoms with Gasteiger partial charge in [-0.3, -0.25) is 0 Å². The zero-order chi connectivity index (χ0) is 14.8. The minimum absolute atomic E-state index is 0.178. The van der Waals surface area contributed by atoms with Crippen LogP contribution in [0.2, 0.25) is 0 Å². The second-order valence-corrected chi connectivity index (χ2v) is 5.20. The van der Waals surface area contributed by atoms with E-state index in [1.165, 1.54) is 0 Å². The van der Waals surface area contributed by atoms with Gasteiger partial charge in [0, 0.05) is 0 Å². The Morgan fingerprint density at radius 2 is 1.81 bits per heavy atom. The summed E-state index contributed by atoms with van der Waals surface area (Å²) in [6.07, 6.45) is 7.08. The largest absolute Gasteiger partial charge is 0.508 e. The van der Waals surface area contributed by atoms with Gasteiger partial charge in [-0.25, -0.2) is 4.79 Å². The van der Waals surface area contributed by atoms with Crippen LogP contribution in [0.5, 0.6) is 5.75 Å². The van der Waals surface area contributed by atoms with Crippen molar-refractivity contribution in [1.29, 1.82) is 0 Å². The van der Waals surface area contributed by atoms with Crippen LogP contribution in [0.4, 0.5) is 0 Å². The molecule has 3 heteroatoms. The first-order chi connectivity index (χ1) is 10.2. The lowest BCUT2D eigenvalue weighted by Gasteiger charge is -2.15. The number of carboxylic acid groups (broad SMARTS) is 1. The number of aromatic carboxylic acids is 1. The average molecular weight is 280 g/mol. The van der Waals surface area contributed by atoms with E-state index in [4.69, 9.17) is 0 Å². The molecule has 0 aromatic heterocycles. The molecule has 0 amide bonds. The van der Waals surface area contributed by atoms with E-state index in [2.05, 4.69) is 12.2 Å². The van der Waals surface area contributed by atoms with E-state index < -0.39 is 5.97 Å². The monoisotopic (exact) mass is 280 g/mol. The minimum atomic E-state index is -0.922. The second kappa shape index (κ2) is 5.44. The fourth-order valence-electron chi connectivity index (χ4n) is 2.83. The third kappa shape index (κ3) is 2.55. The molecule has 1 aliphatic rings. The first-order valence-corrected chi connectivity index (χ1v) is 7.02. The molecule has 0 bridgehead atoms. The molecule has 2 aromatic carbocycles. The number of hydrogen-bond donors (Lipinski definition) is 2. The molecule has 0 atom stereocenters. The van der Waals surface area contributed by atoms with Gasteiger partial charge in [0.2, 0.25) is 0 Å². The van der Waals surface area contributed by atoms with Crippen molar-refractivity contribution in [3.63, 3.8) is 0 Å². The van der Waals surface area contributed by atoms with E-state index >= 15 is 0 Å². The number of fused-ring (bicyclic) bond motifs is 1. The van der Waals surface area contributed by atoms with Gasteiger partial charge in [-0.15, -0.1) is 0 Å². The van der Waals surface area contributed by atoms with Gasteiger partial charge in [0.1, 0.15) is 5.75 Å². The third-order valence-electron chi connectivity index (χ3n) is 3.83. The molecule has 3 nitrogen and oxygen atoms in total. The van der Waals surface area contributed by atoms with E-state index in [9.17, 15) is 15.0 Å². The molecule has 0 unspecified atom stereocenters. The van der Waals surface area contributed by atoms with Crippen molar-refractivity contribution in [1.82, 2.24) is 0 Å². The van der Waals surface area contributed by atoms with Crippen LogP contribution in [0.15, 0.2) is 42.5 Å². The van der Waals surface area contributed by atoms with Crippen LogP contribution in [-0.2, 0) is 6.42 Å². The zero-order valence-electron chi connectivity index (χ0n) is 11.5. The van der Waals surface area contributed by atoms with E-state index in [1.807, 2.05) is 6.07 Å². The summed E-state index contributed by atoms with van der Waals surface area (Å²) in [5.74, 6) is -0.744. The number of carbonyl (C=O) groups is 1. The molecule has 0 saturated heterocycles. The molecule has 2 N–H and O–H groups in total. The number of benzene rings is 2. The first kappa shape index (κ1) is 13.4. The Morgan fingerprint density at radius 3 is 2.52 bits per heavy atom. The van der Waals surface area contributed by atoms with Crippen molar-refractivity contribution in [3.05, 3.63) is 59.2 Å². The van der Waals surface area contributed by atoms with Gasteiger partial charge in [-0.2, -0.15) is 0 Å². The van der Waals surface area contributed by atoms with Gasteiger partial charge >= 0.3 is 5.97 Å². The number of carboxylic acids is 1. The lowest BCUT2D eigenvalue weighted by molar-refractivity contribution is 0.0697. The van der Waals surface area contributed by atoms with Gasteiger partial charge < -0.3 is 10.2 Å². The Labute approximate surface area is 123 Å². The molecular weight excluding hydrogens is 264 g/mol. The lowest BCUT2D eigenvalue weighted by Crippen LogP contribution is -2.04. The van der Waals surface area contributed by atoms with Crippen molar-refractivity contribution in [3.8, 4) is 16.9 Å². The van der Waals surface area contributed by atoms with Gasteiger partial charge in [0.25, 0.3) is 0 Å². The first-order valence-electron chi connectivity index (χ1n) is 7.02. The van der Waals surface area contributed by atoms with E-state index in [-0.39, 0.29) is 5.75 Å². The smallest absolute Gasteiger partial charge is 0.336 e. The third-order valence-corrected chi connectivity index (χ3v) is 3.83. The van der Waals surface area contributed by atoms with Crippen LogP contribution in [0, 0.1) is 0 Å². The molecule has 0 saturated carbocycles. The molecule has 3 rings (SSSR count). The Morgan fingerprint density at radius 1 is 1.05 bits per heavy atom. The molecule has 21 heavy (non-hydrogen) atoms. The standard InChI is InChI=1S/C18H16O3/c19-14-9-6-13(7-10-14)17-15-5-3-1-2-4-12(15)8-11-16(17)18(20)21/h2,4,6-11,19H,1,3,5H2,(H,20,21). The molecule has 2 aromatic rings. The molecule has 106 valence electrons. The maximum atomic E-state index is 11.6. The van der Waals surface area contributed by atoms with Crippen LogP contribution in [0.3, 0.4) is 0 Å². The number of aromatic hydroxyl groups is 1. The molecule has 0 fully saturated rings. The van der Waals surface area contributed by atoms with Gasteiger partial charge in [0.05, 0.1) is 5.56 Å². The Bertz CT molecular complexity index is 712. The summed E-state index contributed by atoms with van der Waals surface area (Å²) in [6, 6.07) is 10.3. The van der Waals surface area contributed by atoms with E-state index in [1.54, 1.807) is 30.3 Å². The summed E-state index contributed by atoms with van der Waals surface area (Å²) in [4.78, 5) is 11.6. The average Bonchev–Trinajstić information content (AvgIpc) is 2.72. The number of phenolic OH excluding ortho intramolecular Hbond substituents is 1. The normalized spacial score (nSPS) is 13.5. The highest BCUT2D eigenvalue weighted by atomic mass is 16.4. The summed E-state index contributed by atoms with van der Waals surface area (Å²) in [5.41, 5.74) is 4.08. The summed E-state index contributed by atoms with van der Waals surface area (Å²) in [7, 11) is 0. The summed E-state index contributed by atoms with van der Waals surface area (Å²) < 4.78 is 0. The highest BCUT2D eigenvalue weighted by Crippen LogP contribution is 2.34. The van der Waals surface area contributed by atoms with Crippen LogP contribution in [-0.4, -0.2) is 16.2 Å². The molecule has 0 radical (unpaired) electrons. The highest BCUT2D eigenvalue weighted by molar-refractivity contribution is 5.98. The quantitative estimate of drug-likeness (QED) is 0.870. The highest BCUT2D eigenvalue weighted by Gasteiger charge is 2.19. The molecule has 1 aliphatic carbocycles. The zero-order valence-corrected chi connectivity index (χ0v) is 11.5. The van der Waals surface area contributed by atoms with Crippen LogP contribution in [0.1, 0.15) is 34.3 Å². The van der Waals surface area contributed by atoms with Gasteiger partial charge in [0.15, 0.2) is 0 Å². The molecule has 0 aliphatic heterocycles. The fraction of sp³-hybridized carbons (Fsp3) is 0.167. The number of allylic oxidation sites excluding steroid dienone is 1. The van der Waals surface area contributed by atoms with Crippen molar-refractivity contribution < 1.29 is 15.0 Å². The molecule has 0 spiro atoms. The fourth-order valence-corrected chi connectivity index (χ4v) is 2.83. The van der Waals surface area contributed by atoms with Crippen LogP contribution >= 0.6 is 0 Å². The second-order valence-electron chi connectivity index (χ2n) is 5.20. The predicted octanol–water partition coefficient (Wildman–Crippen LogP) is 4.11.